The SMILES string of the molecule is Cc1nn(C)c(C)c1C[C@@H](C)NC(=O)c1ccc(S(=O)(=O)Nc2ccccc2F)cc1. The van der Waals surface area contributed by atoms with E-state index >= 15 is 0 Å². The first kappa shape index (κ1) is 22.5. The lowest BCUT2D eigenvalue weighted by Crippen LogP contribution is -2.34. The molecule has 1 heterocycles. The molecule has 0 unspecified atom stereocenters. The third kappa shape index (κ3) is 5.11. The normalized spacial score (nSPS) is 12.4. The standard InChI is InChI=1S/C22H25FN4O3S/c1-14(13-19-15(2)25-27(4)16(19)3)24-22(28)17-9-11-18(12-10-17)31(29,30)26-21-8-6-5-7-20(21)23/h5-12,14,26H,13H2,1-4H3,(H,24,28)/t14-/m1/s1. The lowest BCUT2D eigenvalue weighted by atomic mass is 10.0. The maximum Gasteiger partial charge on any atom is 0.261 e. The molecule has 0 saturated carbocycles. The van der Waals surface area contributed by atoms with Crippen LogP contribution in [0, 0.1) is 19.7 Å². The van der Waals surface area contributed by atoms with Gasteiger partial charge in [-0.05, 0) is 69.2 Å². The predicted octanol–water partition coefficient (Wildman–Crippen LogP) is 3.34. The molecule has 0 aliphatic carbocycles. The summed E-state index contributed by atoms with van der Waals surface area (Å²) in [6, 6.07) is 10.9. The zero-order chi connectivity index (χ0) is 22.8. The third-order valence-corrected chi connectivity index (χ3v) is 6.47. The van der Waals surface area contributed by atoms with Crippen molar-refractivity contribution >= 4 is 21.6 Å². The Labute approximate surface area is 181 Å². The van der Waals surface area contributed by atoms with Gasteiger partial charge >= 0.3 is 0 Å². The van der Waals surface area contributed by atoms with Gasteiger partial charge in [0.25, 0.3) is 15.9 Å². The van der Waals surface area contributed by atoms with E-state index in [1.807, 2.05) is 32.5 Å². The number of para-hydroxylation sites is 1. The quantitative estimate of drug-likeness (QED) is 0.585. The summed E-state index contributed by atoms with van der Waals surface area (Å²) in [6.07, 6.45) is 0.635. The summed E-state index contributed by atoms with van der Waals surface area (Å²) in [5, 5.41) is 7.31. The maximum absolute atomic E-state index is 13.7. The molecular formula is C22H25FN4O3S. The van der Waals surface area contributed by atoms with Crippen LogP contribution in [0.1, 0.15) is 34.2 Å². The number of sulfonamides is 1. The molecule has 0 radical (unpaired) electrons. The number of hydrogen-bond donors (Lipinski definition) is 2. The van der Waals surface area contributed by atoms with Crippen LogP contribution in [0.4, 0.5) is 10.1 Å². The fourth-order valence-corrected chi connectivity index (χ4v) is 4.38. The Morgan fingerprint density at radius 1 is 1.13 bits per heavy atom. The van der Waals surface area contributed by atoms with E-state index in [1.54, 1.807) is 0 Å². The van der Waals surface area contributed by atoms with Gasteiger partial charge < -0.3 is 5.32 Å². The van der Waals surface area contributed by atoms with Crippen molar-refractivity contribution in [1.82, 2.24) is 15.1 Å². The Kier molecular flexibility index (Phi) is 6.45. The second-order valence-electron chi connectivity index (χ2n) is 7.46. The van der Waals surface area contributed by atoms with E-state index in [1.165, 1.54) is 48.5 Å². The fraction of sp³-hybridized carbons (Fsp3) is 0.273. The average molecular weight is 445 g/mol. The van der Waals surface area contributed by atoms with Gasteiger partial charge in [-0.3, -0.25) is 14.2 Å². The molecule has 2 aromatic carbocycles. The zero-order valence-electron chi connectivity index (χ0n) is 17.8. The number of amides is 1. The number of benzene rings is 2. The summed E-state index contributed by atoms with van der Waals surface area (Å²) in [5.41, 5.74) is 3.26. The van der Waals surface area contributed by atoms with Gasteiger partial charge in [0.15, 0.2) is 0 Å². The molecule has 0 bridgehead atoms. The summed E-state index contributed by atoms with van der Waals surface area (Å²) in [7, 11) is -2.10. The van der Waals surface area contributed by atoms with Gasteiger partial charge in [0.2, 0.25) is 0 Å². The van der Waals surface area contributed by atoms with Crippen LogP contribution in [0.5, 0.6) is 0 Å². The summed E-state index contributed by atoms with van der Waals surface area (Å²) in [4.78, 5) is 12.5. The molecule has 0 aliphatic heterocycles. The van der Waals surface area contributed by atoms with Crippen LogP contribution in [0.25, 0.3) is 0 Å². The zero-order valence-corrected chi connectivity index (χ0v) is 18.6. The highest BCUT2D eigenvalue weighted by Gasteiger charge is 2.18. The van der Waals surface area contributed by atoms with Gasteiger partial charge in [-0.1, -0.05) is 12.1 Å². The minimum atomic E-state index is -3.98. The van der Waals surface area contributed by atoms with Crippen molar-refractivity contribution in [3.63, 3.8) is 0 Å². The number of aromatic nitrogens is 2. The van der Waals surface area contributed by atoms with Crippen molar-refractivity contribution in [3.8, 4) is 0 Å². The van der Waals surface area contributed by atoms with Crippen molar-refractivity contribution < 1.29 is 17.6 Å². The molecule has 1 aromatic heterocycles. The lowest BCUT2D eigenvalue weighted by Gasteiger charge is -2.15. The van der Waals surface area contributed by atoms with E-state index in [0.29, 0.717) is 12.0 Å². The number of carbonyl (C=O) groups is 1. The summed E-state index contributed by atoms with van der Waals surface area (Å²) < 4.78 is 42.8. The van der Waals surface area contributed by atoms with Crippen LogP contribution >= 0.6 is 0 Å². The maximum atomic E-state index is 13.7. The number of nitrogens with zero attached hydrogens (tertiary/aromatic N) is 2. The van der Waals surface area contributed by atoms with Gasteiger partial charge in [-0.15, -0.1) is 0 Å². The molecule has 0 saturated heterocycles. The second-order valence-corrected chi connectivity index (χ2v) is 9.14. The molecule has 164 valence electrons. The average Bonchev–Trinajstić information content (AvgIpc) is 2.95. The van der Waals surface area contributed by atoms with Crippen LogP contribution in [0.15, 0.2) is 53.4 Å². The molecule has 0 spiro atoms. The van der Waals surface area contributed by atoms with Gasteiger partial charge in [0.1, 0.15) is 5.82 Å². The number of nitrogens with one attached hydrogen (secondary N) is 2. The second kappa shape index (κ2) is 8.89. The molecule has 3 aromatic rings. The van der Waals surface area contributed by atoms with Crippen LogP contribution in [-0.2, 0) is 23.5 Å². The molecule has 9 heteroatoms. The van der Waals surface area contributed by atoms with E-state index in [0.717, 1.165) is 17.0 Å². The van der Waals surface area contributed by atoms with Crippen molar-refractivity contribution in [2.75, 3.05) is 4.72 Å². The van der Waals surface area contributed by atoms with Crippen LogP contribution in [-0.4, -0.2) is 30.1 Å². The van der Waals surface area contributed by atoms with Gasteiger partial charge in [-0.2, -0.15) is 5.10 Å². The molecule has 1 atom stereocenters. The van der Waals surface area contributed by atoms with E-state index in [-0.39, 0.29) is 22.5 Å². The fourth-order valence-electron chi connectivity index (χ4n) is 3.31. The van der Waals surface area contributed by atoms with E-state index in [4.69, 9.17) is 0 Å². The highest BCUT2D eigenvalue weighted by atomic mass is 32.2. The number of hydrogen-bond acceptors (Lipinski definition) is 4. The molecule has 7 nitrogen and oxygen atoms in total. The first-order valence-corrected chi connectivity index (χ1v) is 11.2. The number of rotatable bonds is 7. The minimum absolute atomic E-state index is 0.0676. The summed E-state index contributed by atoms with van der Waals surface area (Å²) in [5.74, 6) is -0.979. The highest BCUT2D eigenvalue weighted by Crippen LogP contribution is 2.19. The Bertz CT molecular complexity index is 1200. The number of aryl methyl sites for hydroxylation is 2. The van der Waals surface area contributed by atoms with Crippen LogP contribution in [0.2, 0.25) is 0 Å². The summed E-state index contributed by atoms with van der Waals surface area (Å²) in [6.45, 7) is 5.82. The van der Waals surface area contributed by atoms with Gasteiger partial charge in [0, 0.05) is 24.3 Å². The molecule has 0 fully saturated rings. The molecule has 2 N–H and O–H groups in total. The highest BCUT2D eigenvalue weighted by molar-refractivity contribution is 7.92. The van der Waals surface area contributed by atoms with Gasteiger partial charge in [0.05, 0.1) is 16.3 Å². The topological polar surface area (TPSA) is 93.1 Å². The van der Waals surface area contributed by atoms with E-state index in [2.05, 4.69) is 15.1 Å². The molecule has 0 aliphatic rings. The number of anilines is 1. The Balaban J connectivity index is 1.67. The van der Waals surface area contributed by atoms with E-state index in [9.17, 15) is 17.6 Å². The number of halogens is 1. The lowest BCUT2D eigenvalue weighted by molar-refractivity contribution is 0.0940. The first-order valence-electron chi connectivity index (χ1n) is 9.76. The number of carbonyl (C=O) groups excluding carboxylic acids is 1. The third-order valence-electron chi connectivity index (χ3n) is 5.09. The largest absolute Gasteiger partial charge is 0.349 e. The Morgan fingerprint density at radius 3 is 2.35 bits per heavy atom. The molecular weight excluding hydrogens is 419 g/mol. The monoisotopic (exact) mass is 444 g/mol. The van der Waals surface area contributed by atoms with Gasteiger partial charge in [-0.25, -0.2) is 12.8 Å². The van der Waals surface area contributed by atoms with Crippen LogP contribution < -0.4 is 10.0 Å². The predicted molar refractivity (Wildman–Crippen MR) is 117 cm³/mol. The minimum Gasteiger partial charge on any atom is -0.349 e. The molecule has 3 rings (SSSR count). The van der Waals surface area contributed by atoms with Crippen molar-refractivity contribution in [2.45, 2.75) is 38.1 Å². The Morgan fingerprint density at radius 2 is 1.77 bits per heavy atom. The smallest absolute Gasteiger partial charge is 0.261 e. The van der Waals surface area contributed by atoms with Crippen LogP contribution in [0.3, 0.4) is 0 Å². The molecule has 31 heavy (non-hydrogen) atoms. The van der Waals surface area contributed by atoms with Crippen molar-refractivity contribution in [2.24, 2.45) is 7.05 Å². The first-order chi connectivity index (χ1) is 14.6. The Hall–Kier alpha value is -3.20. The molecule has 1 amide bonds. The summed E-state index contributed by atoms with van der Waals surface area (Å²) >= 11 is 0. The van der Waals surface area contributed by atoms with Crippen molar-refractivity contribution in [3.05, 3.63) is 76.9 Å². The van der Waals surface area contributed by atoms with E-state index < -0.39 is 15.8 Å². The van der Waals surface area contributed by atoms with Crippen molar-refractivity contribution in [1.29, 1.82) is 0 Å².